The maximum Gasteiger partial charge on any atom is 0.306 e. The van der Waals surface area contributed by atoms with Gasteiger partial charge in [-0.3, -0.25) is 4.79 Å². The van der Waals surface area contributed by atoms with Crippen molar-refractivity contribution in [3.63, 3.8) is 0 Å². The molecule has 0 aliphatic heterocycles. The topological polar surface area (TPSA) is 26.3 Å². The molecular formula is C32H52O2S. The summed E-state index contributed by atoms with van der Waals surface area (Å²) in [6.07, 6.45) is 17.1. The molecular weight excluding hydrogens is 448 g/mol. The molecule has 0 fully saturated rings. The lowest BCUT2D eigenvalue weighted by Crippen LogP contribution is -2.11. The second-order valence-electron chi connectivity index (χ2n) is 9.32. The van der Waals surface area contributed by atoms with Crippen molar-refractivity contribution in [2.75, 3.05) is 11.5 Å². The van der Waals surface area contributed by atoms with E-state index in [2.05, 4.69) is 70.3 Å². The van der Waals surface area contributed by atoms with E-state index in [1.54, 1.807) is 0 Å². The normalized spacial score (nSPS) is 11.7. The smallest absolute Gasteiger partial charge is 0.306 e. The Balaban J connectivity index is 0.000000672. The molecule has 3 heteroatoms. The molecule has 0 aliphatic carbocycles. The molecule has 0 bridgehead atoms. The number of aryl methyl sites for hydroxylation is 2. The summed E-state index contributed by atoms with van der Waals surface area (Å²) in [7, 11) is 0. The first kappa shape index (κ1) is 33.3. The lowest BCUT2D eigenvalue weighted by atomic mass is 10.00. The molecule has 0 heterocycles. The first-order valence-electron chi connectivity index (χ1n) is 13.6. The minimum absolute atomic E-state index is 0.0123. The number of allylic oxidation sites excluding steroid dienone is 4. The van der Waals surface area contributed by atoms with Crippen molar-refractivity contribution >= 4 is 17.7 Å². The number of ether oxygens (including phenoxy) is 1. The van der Waals surface area contributed by atoms with Gasteiger partial charge in [0.1, 0.15) is 0 Å². The average Bonchev–Trinajstić information content (AvgIpc) is 2.83. The van der Waals surface area contributed by atoms with Crippen molar-refractivity contribution in [3.8, 4) is 0 Å². The highest BCUT2D eigenvalue weighted by Crippen LogP contribution is 2.14. The third kappa shape index (κ3) is 20.2. The Morgan fingerprint density at radius 3 is 2.40 bits per heavy atom. The fraction of sp³-hybridized carbons (Fsp3) is 0.594. The number of rotatable bonds is 18. The number of thioether (sulfide) groups is 1. The van der Waals surface area contributed by atoms with Crippen molar-refractivity contribution in [3.05, 3.63) is 72.4 Å². The molecule has 0 saturated heterocycles. The van der Waals surface area contributed by atoms with Crippen molar-refractivity contribution in [2.45, 2.75) is 105 Å². The molecule has 0 amide bonds. The van der Waals surface area contributed by atoms with Crippen LogP contribution in [0.4, 0.5) is 0 Å². The van der Waals surface area contributed by atoms with Crippen LogP contribution in [0.25, 0.3) is 0 Å². The van der Waals surface area contributed by atoms with Gasteiger partial charge in [-0.05, 0) is 93.8 Å². The van der Waals surface area contributed by atoms with E-state index in [0.29, 0.717) is 12.3 Å². The van der Waals surface area contributed by atoms with Gasteiger partial charge in [0.15, 0.2) is 0 Å². The molecule has 0 aliphatic rings. The van der Waals surface area contributed by atoms with Crippen molar-refractivity contribution in [1.82, 2.24) is 0 Å². The third-order valence-electron chi connectivity index (χ3n) is 5.60. The zero-order valence-corrected chi connectivity index (χ0v) is 24.1. The first-order chi connectivity index (χ1) is 16.9. The summed E-state index contributed by atoms with van der Waals surface area (Å²) in [6.45, 7) is 18.2. The minimum atomic E-state index is -0.112. The van der Waals surface area contributed by atoms with E-state index in [0.717, 1.165) is 44.1 Å². The average molecular weight is 501 g/mol. The minimum Gasteiger partial charge on any atom is -0.463 e. The van der Waals surface area contributed by atoms with Crippen LogP contribution in [0.15, 0.2) is 61.2 Å². The van der Waals surface area contributed by atoms with Crippen LogP contribution in [0.3, 0.4) is 0 Å². The fourth-order valence-corrected chi connectivity index (χ4v) is 4.29. The van der Waals surface area contributed by atoms with Crippen LogP contribution in [-0.2, 0) is 22.4 Å². The number of esters is 1. The summed E-state index contributed by atoms with van der Waals surface area (Å²) < 4.78 is 5.06. The second kappa shape index (κ2) is 22.7. The largest absolute Gasteiger partial charge is 0.463 e. The van der Waals surface area contributed by atoms with Gasteiger partial charge < -0.3 is 4.74 Å². The molecule has 35 heavy (non-hydrogen) atoms. The van der Waals surface area contributed by atoms with Gasteiger partial charge in [-0.15, -0.1) is 6.58 Å². The highest BCUT2D eigenvalue weighted by molar-refractivity contribution is 7.99. The first-order valence-corrected chi connectivity index (χ1v) is 14.8. The SMILES string of the molecule is C=C(CCCSCC)CCC(=O)OC(C)C.C=CCC(/C=C/CCc1cccc(CCC)c1)CC. The van der Waals surface area contributed by atoms with E-state index in [1.165, 1.54) is 41.9 Å². The van der Waals surface area contributed by atoms with Crippen LogP contribution >= 0.6 is 11.8 Å². The quantitative estimate of drug-likeness (QED) is 0.114. The van der Waals surface area contributed by atoms with Crippen LogP contribution in [0.1, 0.15) is 97.1 Å². The Labute approximate surface area is 221 Å². The highest BCUT2D eigenvalue weighted by Gasteiger charge is 2.06. The predicted octanol–water partition coefficient (Wildman–Crippen LogP) is 9.54. The van der Waals surface area contributed by atoms with Gasteiger partial charge >= 0.3 is 5.97 Å². The van der Waals surface area contributed by atoms with Gasteiger partial charge in [0.05, 0.1) is 6.10 Å². The lowest BCUT2D eigenvalue weighted by Gasteiger charge is -2.08. The van der Waals surface area contributed by atoms with E-state index in [4.69, 9.17) is 4.74 Å². The van der Waals surface area contributed by atoms with E-state index < -0.39 is 0 Å². The molecule has 0 radical (unpaired) electrons. The highest BCUT2D eigenvalue weighted by atomic mass is 32.2. The molecule has 0 spiro atoms. The summed E-state index contributed by atoms with van der Waals surface area (Å²) in [6, 6.07) is 9.03. The zero-order chi connectivity index (χ0) is 26.3. The maximum absolute atomic E-state index is 11.3. The van der Waals surface area contributed by atoms with Crippen molar-refractivity contribution in [1.29, 1.82) is 0 Å². The number of carbonyl (C=O) groups is 1. The van der Waals surface area contributed by atoms with Gasteiger partial charge in [0.25, 0.3) is 0 Å². The van der Waals surface area contributed by atoms with Gasteiger partial charge in [-0.25, -0.2) is 0 Å². The van der Waals surface area contributed by atoms with Crippen molar-refractivity contribution < 1.29 is 9.53 Å². The lowest BCUT2D eigenvalue weighted by molar-refractivity contribution is -0.147. The van der Waals surface area contributed by atoms with Crippen LogP contribution in [0.5, 0.6) is 0 Å². The van der Waals surface area contributed by atoms with Gasteiger partial charge in [0.2, 0.25) is 0 Å². The third-order valence-corrected chi connectivity index (χ3v) is 6.59. The molecule has 1 atom stereocenters. The van der Waals surface area contributed by atoms with Crippen LogP contribution in [0, 0.1) is 5.92 Å². The molecule has 2 nitrogen and oxygen atoms in total. The molecule has 1 unspecified atom stereocenters. The molecule has 198 valence electrons. The van der Waals surface area contributed by atoms with E-state index in [9.17, 15) is 4.79 Å². The summed E-state index contributed by atoms with van der Waals surface area (Å²) in [5.74, 6) is 2.92. The Kier molecular flexibility index (Phi) is 21.6. The Bertz CT molecular complexity index is 720. The monoisotopic (exact) mass is 500 g/mol. The van der Waals surface area contributed by atoms with E-state index in [-0.39, 0.29) is 12.1 Å². The predicted molar refractivity (Wildman–Crippen MR) is 158 cm³/mol. The molecule has 1 aromatic carbocycles. The molecule has 0 saturated carbocycles. The molecule has 1 aromatic rings. The number of carbonyl (C=O) groups excluding carboxylic acids is 1. The van der Waals surface area contributed by atoms with E-state index >= 15 is 0 Å². The van der Waals surface area contributed by atoms with Crippen molar-refractivity contribution in [2.24, 2.45) is 5.92 Å². The number of hydrogen-bond donors (Lipinski definition) is 0. The number of benzene rings is 1. The standard InChI is InChI=1S/C19H28.C13H24O2S/c1-4-10-17(6-3)12-7-8-13-19-15-9-14-18(16-19)11-5-2;1-5-16-10-6-7-12(4)8-9-13(14)15-11(2)3/h4,7,9,12,14-17H,1,5-6,8,10-11,13H2,2-3H3;11H,4-10H2,1-3H3/b12-7+;. The van der Waals surface area contributed by atoms with E-state index in [1.807, 2.05) is 31.7 Å². The Morgan fingerprint density at radius 1 is 1.09 bits per heavy atom. The molecule has 1 rings (SSSR count). The Morgan fingerprint density at radius 2 is 1.80 bits per heavy atom. The maximum atomic E-state index is 11.3. The zero-order valence-electron chi connectivity index (χ0n) is 23.3. The van der Waals surface area contributed by atoms with Crippen LogP contribution < -0.4 is 0 Å². The fourth-order valence-electron chi connectivity index (χ4n) is 3.66. The van der Waals surface area contributed by atoms with Gasteiger partial charge in [-0.1, -0.05) is 81.8 Å². The summed E-state index contributed by atoms with van der Waals surface area (Å²) in [5, 5.41) is 0. The summed E-state index contributed by atoms with van der Waals surface area (Å²) in [5.41, 5.74) is 4.10. The van der Waals surface area contributed by atoms with Crippen LogP contribution in [0.2, 0.25) is 0 Å². The second-order valence-corrected chi connectivity index (χ2v) is 10.7. The van der Waals surface area contributed by atoms with Crippen LogP contribution in [-0.4, -0.2) is 23.6 Å². The van der Waals surface area contributed by atoms with Gasteiger partial charge in [-0.2, -0.15) is 11.8 Å². The van der Waals surface area contributed by atoms with Gasteiger partial charge in [0, 0.05) is 6.42 Å². The number of hydrogen-bond acceptors (Lipinski definition) is 3. The summed E-state index contributed by atoms with van der Waals surface area (Å²) in [4.78, 5) is 11.3. The Hall–Kier alpha value is -1.74. The molecule has 0 aromatic heterocycles. The summed E-state index contributed by atoms with van der Waals surface area (Å²) >= 11 is 1.95. The molecule has 0 N–H and O–H groups in total.